The maximum Gasteiger partial charge on any atom is 0.269 e. The highest BCUT2D eigenvalue weighted by atomic mass is 31.1. The Hall–Kier alpha value is -1.19. The van der Waals surface area contributed by atoms with Gasteiger partial charge in [0.1, 0.15) is 0 Å². The normalized spacial score (nSPS) is 12.3. The monoisotopic (exact) mass is 229 g/mol. The zero-order valence-corrected chi connectivity index (χ0v) is 9.30. The Balaban J connectivity index is 2.57. The first-order valence-corrected chi connectivity index (χ1v) is 5.96. The fraction of sp³-hybridized carbons (Fsp3) is 0.333. The summed E-state index contributed by atoms with van der Waals surface area (Å²) in [5, 5.41) is 10.4. The molecule has 0 bridgehead atoms. The topological polar surface area (TPSA) is 69.4 Å². The second-order valence-corrected chi connectivity index (χ2v) is 4.65. The van der Waals surface area contributed by atoms with Crippen LogP contribution < -0.4 is 0 Å². The predicted octanol–water partition coefficient (Wildman–Crippen LogP) is 2.26. The molecule has 0 saturated carbocycles. The van der Waals surface area contributed by atoms with Crippen LogP contribution in [0.5, 0.6) is 0 Å². The van der Waals surface area contributed by atoms with Gasteiger partial charge in [-0.05, 0) is 12.0 Å². The number of hydrogen-bond acceptors (Lipinski definition) is 4. The van der Waals surface area contributed by atoms with Gasteiger partial charge in [-0.25, -0.2) is 0 Å². The van der Waals surface area contributed by atoms with Crippen molar-refractivity contribution in [1.82, 2.24) is 0 Å². The molecule has 6 heteroatoms. The van der Waals surface area contributed by atoms with Gasteiger partial charge in [0, 0.05) is 25.4 Å². The third-order valence-corrected chi connectivity index (χ3v) is 3.11. The molecule has 0 aliphatic heterocycles. The number of hydrogen-bond donors (Lipinski definition) is 0. The molecule has 0 aromatic heterocycles. The highest BCUT2D eigenvalue weighted by Crippen LogP contribution is 2.22. The first-order valence-electron chi connectivity index (χ1n) is 4.43. The molecular formula is C9H12NO4P. The molecule has 0 amide bonds. The van der Waals surface area contributed by atoms with Gasteiger partial charge in [0.05, 0.1) is 4.92 Å². The summed E-state index contributed by atoms with van der Waals surface area (Å²) in [6, 6.07) is 6.23. The Morgan fingerprint density at radius 3 is 2.47 bits per heavy atom. The van der Waals surface area contributed by atoms with Crippen molar-refractivity contribution in [1.29, 1.82) is 0 Å². The van der Waals surface area contributed by atoms with Crippen molar-refractivity contribution in [3.8, 4) is 0 Å². The van der Waals surface area contributed by atoms with E-state index in [1.807, 2.05) is 0 Å². The maximum absolute atomic E-state index is 11.0. The zero-order valence-electron chi connectivity index (χ0n) is 8.30. The Morgan fingerprint density at radius 1 is 1.40 bits per heavy atom. The molecule has 5 nitrogen and oxygen atoms in total. The summed E-state index contributed by atoms with van der Waals surface area (Å²) < 4.78 is 15.7. The smallest absolute Gasteiger partial charge is 0.269 e. The van der Waals surface area contributed by atoms with Crippen LogP contribution in [-0.2, 0) is 15.5 Å². The summed E-state index contributed by atoms with van der Waals surface area (Å²) in [6.45, 7) is 0. The number of nitro groups is 1. The van der Waals surface area contributed by atoms with Gasteiger partial charge >= 0.3 is 0 Å². The van der Waals surface area contributed by atoms with Crippen molar-refractivity contribution in [2.24, 2.45) is 0 Å². The van der Waals surface area contributed by atoms with Crippen molar-refractivity contribution in [2.45, 2.75) is 6.42 Å². The summed E-state index contributed by atoms with van der Waals surface area (Å²) in [5.41, 5.74) is 0.995. The van der Waals surface area contributed by atoms with Gasteiger partial charge in [-0.15, -0.1) is 0 Å². The molecule has 1 rings (SSSR count). The first kappa shape index (κ1) is 11.9. The molecule has 1 unspecified atom stereocenters. The van der Waals surface area contributed by atoms with Gasteiger partial charge in [0.25, 0.3) is 5.69 Å². The van der Waals surface area contributed by atoms with Crippen LogP contribution >= 0.6 is 8.03 Å². The molecule has 0 radical (unpaired) electrons. The minimum Gasteiger partial charge on any atom is -0.334 e. The van der Waals surface area contributed by atoms with Crippen LogP contribution in [0.4, 0.5) is 5.69 Å². The molecule has 0 fully saturated rings. The van der Waals surface area contributed by atoms with E-state index in [9.17, 15) is 14.7 Å². The van der Waals surface area contributed by atoms with Crippen LogP contribution in [0, 0.1) is 10.1 Å². The van der Waals surface area contributed by atoms with E-state index in [-0.39, 0.29) is 5.69 Å². The number of nitrogens with zero attached hydrogens (tertiary/aromatic N) is 1. The van der Waals surface area contributed by atoms with Crippen molar-refractivity contribution in [2.75, 3.05) is 13.3 Å². The lowest BCUT2D eigenvalue weighted by Crippen LogP contribution is -1.91. The molecule has 0 heterocycles. The van der Waals surface area contributed by atoms with Crippen LogP contribution in [-0.4, -0.2) is 18.2 Å². The lowest BCUT2D eigenvalue weighted by Gasteiger charge is -2.00. The molecule has 1 aromatic carbocycles. The Bertz CT molecular complexity index is 363. The van der Waals surface area contributed by atoms with Crippen molar-refractivity contribution in [3.05, 3.63) is 39.9 Å². The largest absolute Gasteiger partial charge is 0.334 e. The fourth-order valence-corrected chi connectivity index (χ4v) is 1.83. The van der Waals surface area contributed by atoms with E-state index in [1.165, 1.54) is 19.2 Å². The van der Waals surface area contributed by atoms with Gasteiger partial charge in [-0.3, -0.25) is 14.7 Å². The van der Waals surface area contributed by atoms with Crippen LogP contribution in [0.15, 0.2) is 24.3 Å². The third kappa shape index (κ3) is 3.81. The minimum atomic E-state index is -1.94. The van der Waals surface area contributed by atoms with Crippen LogP contribution in [0.2, 0.25) is 0 Å². The molecule has 0 saturated heterocycles. The van der Waals surface area contributed by atoms with Gasteiger partial charge in [-0.1, -0.05) is 12.1 Å². The van der Waals surface area contributed by atoms with Crippen LogP contribution in [0.3, 0.4) is 0 Å². The number of nitro benzene ring substituents is 1. The number of aryl methyl sites for hydroxylation is 1. The lowest BCUT2D eigenvalue weighted by atomic mass is 10.1. The lowest BCUT2D eigenvalue weighted by molar-refractivity contribution is -0.384. The van der Waals surface area contributed by atoms with Gasteiger partial charge in [-0.2, -0.15) is 0 Å². The molecule has 1 aromatic rings. The van der Waals surface area contributed by atoms with E-state index in [0.29, 0.717) is 12.6 Å². The van der Waals surface area contributed by atoms with Gasteiger partial charge in [0.15, 0.2) is 8.03 Å². The molecular weight excluding hydrogens is 217 g/mol. The first-order chi connectivity index (χ1) is 7.13. The van der Waals surface area contributed by atoms with Crippen molar-refractivity contribution in [3.63, 3.8) is 0 Å². The highest BCUT2D eigenvalue weighted by Gasteiger charge is 2.04. The summed E-state index contributed by atoms with van der Waals surface area (Å²) >= 11 is 0. The van der Waals surface area contributed by atoms with E-state index < -0.39 is 13.0 Å². The quantitative estimate of drug-likeness (QED) is 0.441. The Kier molecular flexibility index (Phi) is 4.46. The number of benzene rings is 1. The van der Waals surface area contributed by atoms with Crippen molar-refractivity contribution >= 4 is 13.7 Å². The Morgan fingerprint density at radius 2 is 2.00 bits per heavy atom. The van der Waals surface area contributed by atoms with Crippen LogP contribution in [0.25, 0.3) is 0 Å². The average molecular weight is 229 g/mol. The van der Waals surface area contributed by atoms with E-state index >= 15 is 0 Å². The second kappa shape index (κ2) is 5.63. The summed E-state index contributed by atoms with van der Waals surface area (Å²) in [7, 11) is -0.523. The zero-order chi connectivity index (χ0) is 11.3. The fourth-order valence-electron chi connectivity index (χ4n) is 1.13. The van der Waals surface area contributed by atoms with E-state index in [0.717, 1.165) is 5.56 Å². The SMILES string of the molecule is CO[PH](=O)CCc1ccc([N+](=O)[O-])cc1. The average Bonchev–Trinajstić information content (AvgIpc) is 2.26. The van der Waals surface area contributed by atoms with Crippen molar-refractivity contribution < 1.29 is 14.0 Å². The van der Waals surface area contributed by atoms with Gasteiger partial charge < -0.3 is 4.52 Å². The van der Waals surface area contributed by atoms with E-state index in [2.05, 4.69) is 4.52 Å². The molecule has 0 spiro atoms. The predicted molar refractivity (Wildman–Crippen MR) is 57.7 cm³/mol. The van der Waals surface area contributed by atoms with Gasteiger partial charge in [0.2, 0.25) is 0 Å². The maximum atomic E-state index is 11.0. The number of rotatable bonds is 5. The molecule has 0 N–H and O–H groups in total. The van der Waals surface area contributed by atoms with E-state index in [4.69, 9.17) is 0 Å². The summed E-state index contributed by atoms with van der Waals surface area (Å²) in [4.78, 5) is 9.92. The third-order valence-electron chi connectivity index (χ3n) is 1.99. The number of non-ortho nitro benzene ring substituents is 1. The molecule has 0 aliphatic carbocycles. The second-order valence-electron chi connectivity index (χ2n) is 3.00. The summed E-state index contributed by atoms with van der Waals surface area (Å²) in [5.74, 6) is 0. The molecule has 82 valence electrons. The summed E-state index contributed by atoms with van der Waals surface area (Å²) in [6.07, 6.45) is 1.09. The Labute approximate surface area is 88.1 Å². The highest BCUT2D eigenvalue weighted by molar-refractivity contribution is 7.39. The minimum absolute atomic E-state index is 0.0677. The standard InChI is InChI=1S/C9H12NO4P/c1-14-15(13)7-6-8-2-4-9(5-3-8)10(11)12/h2-5,15H,6-7H2,1H3. The van der Waals surface area contributed by atoms with Crippen LogP contribution in [0.1, 0.15) is 5.56 Å². The molecule has 0 aliphatic rings. The van der Waals surface area contributed by atoms with E-state index in [1.54, 1.807) is 12.1 Å². The molecule has 1 atom stereocenters. The molecule has 15 heavy (non-hydrogen) atoms.